The summed E-state index contributed by atoms with van der Waals surface area (Å²) < 4.78 is 0. The lowest BCUT2D eigenvalue weighted by Crippen LogP contribution is -2.15. The van der Waals surface area contributed by atoms with E-state index >= 15 is 0 Å². The first-order valence-electron chi connectivity index (χ1n) is 6.16. The molecule has 0 radical (unpaired) electrons. The molecule has 3 rings (SSSR count). The fourth-order valence-corrected chi connectivity index (χ4v) is 1.98. The summed E-state index contributed by atoms with van der Waals surface area (Å²) in [5.41, 5.74) is 1.20. The number of rotatable bonds is 4. The van der Waals surface area contributed by atoms with E-state index in [9.17, 15) is 0 Å². The van der Waals surface area contributed by atoms with Crippen LogP contribution in [0.3, 0.4) is 0 Å². The van der Waals surface area contributed by atoms with Crippen LogP contribution in [0.5, 0.6) is 0 Å². The monoisotopic (exact) mass is 224 g/mol. The first-order valence-corrected chi connectivity index (χ1v) is 6.16. The van der Waals surface area contributed by atoms with E-state index < -0.39 is 0 Å². The minimum Gasteiger partial charge on any atom is -0.311 e. The summed E-state index contributed by atoms with van der Waals surface area (Å²) in [4.78, 5) is 4.27. The third kappa shape index (κ3) is 2.53. The molecule has 0 bridgehead atoms. The van der Waals surface area contributed by atoms with Crippen molar-refractivity contribution in [2.45, 2.75) is 18.9 Å². The van der Waals surface area contributed by atoms with Crippen LogP contribution in [-0.2, 0) is 0 Å². The van der Waals surface area contributed by atoms with Crippen LogP contribution in [0.15, 0.2) is 42.7 Å². The molecule has 1 saturated carbocycles. The fourth-order valence-electron chi connectivity index (χ4n) is 1.98. The van der Waals surface area contributed by atoms with Crippen LogP contribution in [0.1, 0.15) is 18.4 Å². The molecular formula is C15H16N2. The van der Waals surface area contributed by atoms with Gasteiger partial charge in [-0.05, 0) is 18.2 Å². The molecule has 2 heteroatoms. The minimum absolute atomic E-state index is 0.769. The van der Waals surface area contributed by atoms with Crippen LogP contribution in [0.2, 0.25) is 0 Å². The summed E-state index contributed by atoms with van der Waals surface area (Å²) in [7, 11) is 0. The fraction of sp³-hybridized carbons (Fsp3) is 0.267. The molecule has 1 heterocycles. The highest BCUT2D eigenvalue weighted by Gasteiger charge is 2.18. The zero-order chi connectivity index (χ0) is 11.5. The Kier molecular flexibility index (Phi) is 2.88. The van der Waals surface area contributed by atoms with Crippen molar-refractivity contribution >= 4 is 16.8 Å². The van der Waals surface area contributed by atoms with Crippen LogP contribution in [0.4, 0.5) is 0 Å². The highest BCUT2D eigenvalue weighted by atomic mass is 14.9. The van der Waals surface area contributed by atoms with Crippen LogP contribution >= 0.6 is 0 Å². The van der Waals surface area contributed by atoms with Gasteiger partial charge in [0.05, 0.1) is 0 Å². The Bertz CT molecular complexity index is 536. The molecular weight excluding hydrogens is 208 g/mol. The van der Waals surface area contributed by atoms with Gasteiger partial charge in [0.1, 0.15) is 0 Å². The highest BCUT2D eigenvalue weighted by Crippen LogP contribution is 2.19. The lowest BCUT2D eigenvalue weighted by Gasteiger charge is -2.01. The Labute approximate surface area is 101 Å². The van der Waals surface area contributed by atoms with Crippen molar-refractivity contribution in [3.8, 4) is 0 Å². The van der Waals surface area contributed by atoms with Gasteiger partial charge in [-0.2, -0.15) is 0 Å². The molecule has 0 unspecified atom stereocenters. The van der Waals surface area contributed by atoms with E-state index in [1.807, 2.05) is 18.5 Å². The van der Waals surface area contributed by atoms with Crippen molar-refractivity contribution in [3.63, 3.8) is 0 Å². The number of nitrogens with zero attached hydrogens (tertiary/aromatic N) is 1. The number of hydrogen-bond acceptors (Lipinski definition) is 2. The Morgan fingerprint density at radius 1 is 1.24 bits per heavy atom. The summed E-state index contributed by atoms with van der Waals surface area (Å²) in [5.74, 6) is 0. The van der Waals surface area contributed by atoms with Gasteiger partial charge < -0.3 is 5.32 Å². The maximum Gasteiger partial charge on any atom is 0.0346 e. The van der Waals surface area contributed by atoms with E-state index in [-0.39, 0.29) is 0 Å². The maximum atomic E-state index is 4.27. The van der Waals surface area contributed by atoms with E-state index in [2.05, 4.69) is 40.7 Å². The van der Waals surface area contributed by atoms with Crippen molar-refractivity contribution in [2.75, 3.05) is 6.54 Å². The zero-order valence-electron chi connectivity index (χ0n) is 9.76. The number of benzene rings is 1. The quantitative estimate of drug-likeness (QED) is 0.863. The number of pyridine rings is 1. The van der Waals surface area contributed by atoms with Gasteiger partial charge in [-0.25, -0.2) is 0 Å². The van der Waals surface area contributed by atoms with Crippen molar-refractivity contribution in [3.05, 3.63) is 48.3 Å². The van der Waals surface area contributed by atoms with E-state index in [0.717, 1.165) is 12.6 Å². The van der Waals surface area contributed by atoms with E-state index in [0.29, 0.717) is 0 Å². The Morgan fingerprint density at radius 2 is 2.12 bits per heavy atom. The highest BCUT2D eigenvalue weighted by molar-refractivity contribution is 5.89. The van der Waals surface area contributed by atoms with E-state index in [1.165, 1.54) is 29.2 Å². The summed E-state index contributed by atoms with van der Waals surface area (Å²) in [6.45, 7) is 0.952. The van der Waals surface area contributed by atoms with Gasteiger partial charge in [-0.15, -0.1) is 0 Å². The Hall–Kier alpha value is -1.67. The third-order valence-corrected chi connectivity index (χ3v) is 3.10. The molecule has 0 amide bonds. The van der Waals surface area contributed by atoms with Crippen molar-refractivity contribution in [2.24, 2.45) is 0 Å². The van der Waals surface area contributed by atoms with E-state index in [1.54, 1.807) is 0 Å². The van der Waals surface area contributed by atoms with E-state index in [4.69, 9.17) is 0 Å². The topological polar surface area (TPSA) is 24.9 Å². The predicted octanol–water partition coefficient (Wildman–Crippen LogP) is 3.00. The molecule has 0 saturated heterocycles. The molecule has 1 aliphatic carbocycles. The number of nitrogens with one attached hydrogen (secondary N) is 1. The average Bonchev–Trinajstić information content (AvgIpc) is 3.19. The maximum absolute atomic E-state index is 4.27. The average molecular weight is 224 g/mol. The standard InChI is InChI=1S/C15H16N2/c1-2-6-15-12(4-1)10-16-11-13(15)5-3-9-17-14-7-8-14/h1-6,10-11,14,17H,7-9H2/b5-3+. The SMILES string of the molecule is C(=C\c1cncc2ccccc12)/CNC1CC1. The van der Waals surface area contributed by atoms with Crippen LogP contribution in [0.25, 0.3) is 16.8 Å². The molecule has 1 fully saturated rings. The second-order valence-electron chi connectivity index (χ2n) is 4.53. The minimum atomic E-state index is 0.769. The lowest BCUT2D eigenvalue weighted by atomic mass is 10.1. The summed E-state index contributed by atoms with van der Waals surface area (Å²) in [5, 5.41) is 5.94. The molecule has 1 N–H and O–H groups in total. The normalized spacial score (nSPS) is 15.8. The number of hydrogen-bond donors (Lipinski definition) is 1. The molecule has 1 aromatic heterocycles. The van der Waals surface area contributed by atoms with Crippen molar-refractivity contribution < 1.29 is 0 Å². The van der Waals surface area contributed by atoms with Gasteiger partial charge in [0.25, 0.3) is 0 Å². The lowest BCUT2D eigenvalue weighted by molar-refractivity contribution is 0.754. The largest absolute Gasteiger partial charge is 0.311 e. The van der Waals surface area contributed by atoms with Gasteiger partial charge in [0, 0.05) is 35.9 Å². The predicted molar refractivity (Wildman–Crippen MR) is 71.8 cm³/mol. The molecule has 86 valence electrons. The van der Waals surface area contributed by atoms with Gasteiger partial charge in [0.2, 0.25) is 0 Å². The third-order valence-electron chi connectivity index (χ3n) is 3.10. The Morgan fingerprint density at radius 3 is 3.00 bits per heavy atom. The molecule has 0 atom stereocenters. The Balaban J connectivity index is 1.78. The second kappa shape index (κ2) is 4.68. The number of aromatic nitrogens is 1. The van der Waals surface area contributed by atoms with Gasteiger partial charge >= 0.3 is 0 Å². The molecule has 2 nitrogen and oxygen atoms in total. The second-order valence-corrected chi connectivity index (χ2v) is 4.53. The molecule has 2 aromatic rings. The zero-order valence-corrected chi connectivity index (χ0v) is 9.76. The van der Waals surface area contributed by atoms with Crippen LogP contribution in [-0.4, -0.2) is 17.6 Å². The molecule has 0 spiro atoms. The van der Waals surface area contributed by atoms with Crippen LogP contribution in [0, 0.1) is 0 Å². The van der Waals surface area contributed by atoms with Crippen molar-refractivity contribution in [1.82, 2.24) is 10.3 Å². The molecule has 17 heavy (non-hydrogen) atoms. The van der Waals surface area contributed by atoms with Gasteiger partial charge in [-0.1, -0.05) is 36.4 Å². The molecule has 1 aromatic carbocycles. The smallest absolute Gasteiger partial charge is 0.0346 e. The summed E-state index contributed by atoms with van der Waals surface area (Å²) in [6, 6.07) is 9.13. The van der Waals surface area contributed by atoms with Crippen molar-refractivity contribution in [1.29, 1.82) is 0 Å². The van der Waals surface area contributed by atoms with Gasteiger partial charge in [-0.3, -0.25) is 4.98 Å². The first kappa shape index (κ1) is 10.5. The number of fused-ring (bicyclic) bond motifs is 1. The molecule has 0 aliphatic heterocycles. The van der Waals surface area contributed by atoms with Crippen LogP contribution < -0.4 is 5.32 Å². The first-order chi connectivity index (χ1) is 8.43. The van der Waals surface area contributed by atoms with Gasteiger partial charge in [0.15, 0.2) is 0 Å². The summed E-state index contributed by atoms with van der Waals surface area (Å²) in [6.07, 6.45) is 10.9. The molecule has 1 aliphatic rings. The summed E-state index contributed by atoms with van der Waals surface area (Å²) >= 11 is 0.